The van der Waals surface area contributed by atoms with Crippen LogP contribution in [0.5, 0.6) is 5.75 Å². The van der Waals surface area contributed by atoms with Gasteiger partial charge in [-0.1, -0.05) is 36.4 Å². The van der Waals surface area contributed by atoms with Gasteiger partial charge < -0.3 is 9.84 Å². The van der Waals surface area contributed by atoms with E-state index in [1.807, 2.05) is 62.4 Å². The molecule has 0 saturated carbocycles. The number of carboxylic acids is 1. The largest absolute Gasteiger partial charge is 0.494 e. The van der Waals surface area contributed by atoms with Crippen LogP contribution in [-0.2, 0) is 4.79 Å². The molecule has 0 aromatic heterocycles. The van der Waals surface area contributed by atoms with Crippen molar-refractivity contribution >= 4 is 5.97 Å². The summed E-state index contributed by atoms with van der Waals surface area (Å²) in [5, 5.41) is 9.46. The Morgan fingerprint density at radius 1 is 1.14 bits per heavy atom. The average Bonchev–Trinajstić information content (AvgIpc) is 2.48. The Bertz CT molecular complexity index is 634. The third-order valence-corrected chi connectivity index (χ3v) is 3.76. The van der Waals surface area contributed by atoms with Crippen LogP contribution in [0.3, 0.4) is 0 Å². The van der Waals surface area contributed by atoms with Crippen LogP contribution in [-0.4, -0.2) is 17.7 Å². The fraction of sp³-hybridized carbons (Fsp3) is 0.316. The number of ether oxygens (including phenoxy) is 1. The van der Waals surface area contributed by atoms with Gasteiger partial charge in [0, 0.05) is 0 Å². The molecule has 2 aromatic rings. The second-order valence-corrected chi connectivity index (χ2v) is 5.55. The molecule has 0 aliphatic heterocycles. The molecule has 116 valence electrons. The first-order chi connectivity index (χ1) is 10.6. The lowest BCUT2D eigenvalue weighted by Gasteiger charge is -2.15. The van der Waals surface area contributed by atoms with E-state index in [-0.39, 0.29) is 0 Å². The van der Waals surface area contributed by atoms with Crippen molar-refractivity contribution < 1.29 is 14.6 Å². The number of aliphatic carboxylic acids is 1. The fourth-order valence-electron chi connectivity index (χ4n) is 2.57. The highest BCUT2D eigenvalue weighted by molar-refractivity contribution is 5.76. The van der Waals surface area contributed by atoms with Gasteiger partial charge in [-0.3, -0.25) is 4.79 Å². The van der Waals surface area contributed by atoms with E-state index in [9.17, 15) is 9.90 Å². The third-order valence-electron chi connectivity index (χ3n) is 3.76. The first kappa shape index (κ1) is 16.1. The van der Waals surface area contributed by atoms with Gasteiger partial charge in [-0.25, -0.2) is 0 Å². The molecule has 3 nitrogen and oxygen atoms in total. The summed E-state index contributed by atoms with van der Waals surface area (Å²) >= 11 is 0. The van der Waals surface area contributed by atoms with Gasteiger partial charge in [0.15, 0.2) is 0 Å². The van der Waals surface area contributed by atoms with Gasteiger partial charge in [-0.2, -0.15) is 0 Å². The summed E-state index contributed by atoms with van der Waals surface area (Å²) in [6.45, 7) is 4.50. The molecule has 2 aromatic carbocycles. The van der Waals surface area contributed by atoms with E-state index in [0.717, 1.165) is 22.4 Å². The minimum absolute atomic E-state index is 0.470. The minimum Gasteiger partial charge on any atom is -0.494 e. The number of benzene rings is 2. The normalized spacial score (nSPS) is 11.9. The van der Waals surface area contributed by atoms with Crippen LogP contribution in [0.15, 0.2) is 48.5 Å². The summed E-state index contributed by atoms with van der Waals surface area (Å²) in [6.07, 6.45) is 1.28. The fourth-order valence-corrected chi connectivity index (χ4v) is 2.57. The second kappa shape index (κ2) is 7.64. The van der Waals surface area contributed by atoms with Gasteiger partial charge in [-0.15, -0.1) is 0 Å². The Balaban J connectivity index is 1.90. The smallest absolute Gasteiger partial charge is 0.310 e. The lowest BCUT2D eigenvalue weighted by Crippen LogP contribution is -2.14. The molecule has 0 radical (unpaired) electrons. The second-order valence-electron chi connectivity index (χ2n) is 5.55. The Hall–Kier alpha value is -2.29. The van der Waals surface area contributed by atoms with Crippen LogP contribution >= 0.6 is 0 Å². The van der Waals surface area contributed by atoms with E-state index in [1.165, 1.54) is 0 Å². The quantitative estimate of drug-likeness (QED) is 0.774. The monoisotopic (exact) mass is 298 g/mol. The van der Waals surface area contributed by atoms with E-state index in [4.69, 9.17) is 4.74 Å². The van der Waals surface area contributed by atoms with Crippen molar-refractivity contribution in [1.29, 1.82) is 0 Å². The van der Waals surface area contributed by atoms with Crippen LogP contribution in [0.1, 0.15) is 35.4 Å². The van der Waals surface area contributed by atoms with E-state index >= 15 is 0 Å². The summed E-state index contributed by atoms with van der Waals surface area (Å²) < 4.78 is 5.69. The zero-order chi connectivity index (χ0) is 15.9. The zero-order valence-corrected chi connectivity index (χ0v) is 13.1. The highest BCUT2D eigenvalue weighted by Gasteiger charge is 2.20. The van der Waals surface area contributed by atoms with Gasteiger partial charge >= 0.3 is 5.97 Å². The maximum Gasteiger partial charge on any atom is 0.310 e. The topological polar surface area (TPSA) is 46.5 Å². The molecule has 0 spiro atoms. The lowest BCUT2D eigenvalue weighted by atomic mass is 9.91. The SMILES string of the molecule is Cc1cccc(OCCCC(C(=O)O)c2ccccc2C)c1. The maximum absolute atomic E-state index is 11.5. The van der Waals surface area contributed by atoms with E-state index in [2.05, 4.69) is 0 Å². The first-order valence-corrected chi connectivity index (χ1v) is 7.55. The summed E-state index contributed by atoms with van der Waals surface area (Å²) in [6, 6.07) is 15.5. The number of hydrogen-bond acceptors (Lipinski definition) is 2. The van der Waals surface area contributed by atoms with Crippen molar-refractivity contribution in [2.45, 2.75) is 32.6 Å². The molecule has 1 N–H and O–H groups in total. The van der Waals surface area contributed by atoms with E-state index in [1.54, 1.807) is 0 Å². The molecule has 1 atom stereocenters. The molecule has 0 aliphatic carbocycles. The number of carboxylic acid groups (broad SMARTS) is 1. The Morgan fingerprint density at radius 2 is 1.91 bits per heavy atom. The first-order valence-electron chi connectivity index (χ1n) is 7.55. The Labute approximate surface area is 131 Å². The number of hydrogen-bond donors (Lipinski definition) is 1. The highest BCUT2D eigenvalue weighted by Crippen LogP contribution is 2.25. The van der Waals surface area contributed by atoms with Crippen LogP contribution in [0.25, 0.3) is 0 Å². The molecule has 0 aliphatic rings. The number of rotatable bonds is 7. The molecule has 22 heavy (non-hydrogen) atoms. The molecule has 0 saturated heterocycles. The van der Waals surface area contributed by atoms with E-state index < -0.39 is 11.9 Å². The van der Waals surface area contributed by atoms with Crippen molar-refractivity contribution in [3.05, 3.63) is 65.2 Å². The Morgan fingerprint density at radius 3 is 2.59 bits per heavy atom. The number of carbonyl (C=O) groups is 1. The average molecular weight is 298 g/mol. The van der Waals surface area contributed by atoms with Gasteiger partial charge in [0.25, 0.3) is 0 Å². The Kier molecular flexibility index (Phi) is 5.59. The molecule has 2 rings (SSSR count). The molecule has 0 fully saturated rings. The predicted molar refractivity (Wildman–Crippen MR) is 87.5 cm³/mol. The van der Waals surface area contributed by atoms with Crippen molar-refractivity contribution in [3.8, 4) is 5.75 Å². The summed E-state index contributed by atoms with van der Waals surface area (Å²) in [7, 11) is 0. The molecule has 0 amide bonds. The number of aryl methyl sites for hydroxylation is 2. The van der Waals surface area contributed by atoms with Gasteiger partial charge in [0.2, 0.25) is 0 Å². The zero-order valence-electron chi connectivity index (χ0n) is 13.1. The maximum atomic E-state index is 11.5. The summed E-state index contributed by atoms with van der Waals surface area (Å²) in [5.41, 5.74) is 3.07. The van der Waals surface area contributed by atoms with Crippen molar-refractivity contribution in [2.75, 3.05) is 6.61 Å². The van der Waals surface area contributed by atoms with Crippen LogP contribution in [0, 0.1) is 13.8 Å². The minimum atomic E-state index is -0.773. The molecule has 0 heterocycles. The van der Waals surface area contributed by atoms with Crippen molar-refractivity contribution in [1.82, 2.24) is 0 Å². The highest BCUT2D eigenvalue weighted by atomic mass is 16.5. The van der Waals surface area contributed by atoms with Crippen LogP contribution in [0.2, 0.25) is 0 Å². The summed E-state index contributed by atoms with van der Waals surface area (Å²) in [5.74, 6) is -0.407. The molecule has 3 heteroatoms. The molecular formula is C19H22O3. The standard InChI is InChI=1S/C19H22O3/c1-14-7-5-9-16(13-14)22-12-6-11-18(19(20)21)17-10-4-3-8-15(17)2/h3-5,7-10,13,18H,6,11-12H2,1-2H3,(H,20,21). The van der Waals surface area contributed by atoms with Crippen LogP contribution < -0.4 is 4.74 Å². The van der Waals surface area contributed by atoms with E-state index in [0.29, 0.717) is 19.4 Å². The lowest BCUT2D eigenvalue weighted by molar-refractivity contribution is -0.139. The molecule has 0 bridgehead atoms. The van der Waals surface area contributed by atoms with Gasteiger partial charge in [-0.05, 0) is 55.5 Å². The molecule has 1 unspecified atom stereocenters. The van der Waals surface area contributed by atoms with Gasteiger partial charge in [0.05, 0.1) is 12.5 Å². The van der Waals surface area contributed by atoms with Crippen molar-refractivity contribution in [2.24, 2.45) is 0 Å². The third kappa shape index (κ3) is 4.35. The van der Waals surface area contributed by atoms with Crippen molar-refractivity contribution in [3.63, 3.8) is 0 Å². The predicted octanol–water partition coefficient (Wildman–Crippen LogP) is 4.33. The molecular weight excluding hydrogens is 276 g/mol. The van der Waals surface area contributed by atoms with Gasteiger partial charge in [0.1, 0.15) is 5.75 Å². The summed E-state index contributed by atoms with van der Waals surface area (Å²) in [4.78, 5) is 11.5. The van der Waals surface area contributed by atoms with Crippen LogP contribution in [0.4, 0.5) is 0 Å².